The molecule has 0 spiro atoms. The van der Waals surface area contributed by atoms with Crippen LogP contribution in [0.25, 0.3) is 0 Å². The predicted molar refractivity (Wildman–Crippen MR) is 127 cm³/mol. The Morgan fingerprint density at radius 2 is 1.91 bits per heavy atom. The molecule has 1 unspecified atom stereocenters. The maximum atomic E-state index is 13.0. The summed E-state index contributed by atoms with van der Waals surface area (Å²) in [6.07, 6.45) is 4.87. The number of aromatic nitrogens is 2. The number of nitrogens with zero attached hydrogens (tertiary/aromatic N) is 4. The summed E-state index contributed by atoms with van der Waals surface area (Å²) in [6.45, 7) is 4.95. The normalized spacial score (nSPS) is 19.6. The summed E-state index contributed by atoms with van der Waals surface area (Å²) < 4.78 is 29.0. The fourth-order valence-electron chi connectivity index (χ4n) is 4.71. The van der Waals surface area contributed by atoms with Crippen molar-refractivity contribution in [1.82, 2.24) is 24.1 Å². The summed E-state index contributed by atoms with van der Waals surface area (Å²) in [7, 11) is -1.86. The molecule has 0 saturated carbocycles. The summed E-state index contributed by atoms with van der Waals surface area (Å²) in [5.41, 5.74) is 1.11. The third kappa shape index (κ3) is 5.42. The molecule has 3 heterocycles. The number of likely N-dealkylation sites (tertiary alicyclic amines) is 1. The van der Waals surface area contributed by atoms with Crippen molar-refractivity contribution in [3.8, 4) is 0 Å². The van der Waals surface area contributed by atoms with Gasteiger partial charge in [0.05, 0.1) is 6.04 Å². The van der Waals surface area contributed by atoms with Crippen molar-refractivity contribution in [3.63, 3.8) is 0 Å². The van der Waals surface area contributed by atoms with Crippen LogP contribution in [-0.4, -0.2) is 65.8 Å². The first-order chi connectivity index (χ1) is 15.8. The lowest BCUT2D eigenvalue weighted by molar-refractivity contribution is -0.126. The number of carbonyl (C=O) groups is 1. The van der Waals surface area contributed by atoms with Crippen molar-refractivity contribution in [2.24, 2.45) is 13.0 Å². The van der Waals surface area contributed by atoms with Gasteiger partial charge in [0.25, 0.3) is 10.0 Å². The van der Waals surface area contributed by atoms with Crippen LogP contribution in [-0.2, 0) is 21.9 Å². The molecular weight excluding hydrogens is 462 g/mol. The van der Waals surface area contributed by atoms with Crippen molar-refractivity contribution in [3.05, 3.63) is 46.9 Å². The van der Waals surface area contributed by atoms with Crippen molar-refractivity contribution in [2.45, 2.75) is 43.7 Å². The SMILES string of the molecule is Cc1nc(S(=O)(=O)N2CCC(C(=O)NCC(c3cccc(Cl)c3)N3CCCC3)CC2)cn1C. The van der Waals surface area contributed by atoms with E-state index < -0.39 is 10.0 Å². The van der Waals surface area contributed by atoms with Gasteiger partial charge in [-0.1, -0.05) is 23.7 Å². The Kier molecular flexibility index (Phi) is 7.43. The van der Waals surface area contributed by atoms with Crippen LogP contribution in [0.5, 0.6) is 0 Å². The van der Waals surface area contributed by atoms with E-state index in [2.05, 4.69) is 21.3 Å². The van der Waals surface area contributed by atoms with E-state index >= 15 is 0 Å². The van der Waals surface area contributed by atoms with E-state index in [-0.39, 0.29) is 22.9 Å². The minimum absolute atomic E-state index is 0.00745. The molecule has 8 nitrogen and oxygen atoms in total. The van der Waals surface area contributed by atoms with Gasteiger partial charge in [0, 0.05) is 43.8 Å². The Labute approximate surface area is 201 Å². The third-order valence-corrected chi connectivity index (χ3v) is 8.81. The van der Waals surface area contributed by atoms with E-state index in [0.29, 0.717) is 43.3 Å². The standard InChI is InChI=1S/C23H32ClN5O3S/c1-17-26-22(16-27(17)2)33(31,32)29-12-8-18(9-13-29)23(30)25-15-21(28-10-3-4-11-28)19-6-5-7-20(24)14-19/h5-7,14,16,18,21H,3-4,8-13,15H2,1-2H3,(H,25,30). The molecule has 1 amide bonds. The van der Waals surface area contributed by atoms with Crippen LogP contribution in [0.1, 0.15) is 43.1 Å². The smallest absolute Gasteiger partial charge is 0.262 e. The highest BCUT2D eigenvalue weighted by molar-refractivity contribution is 7.89. The molecule has 0 bridgehead atoms. The first-order valence-corrected chi connectivity index (χ1v) is 13.3. The molecule has 0 radical (unpaired) electrons. The average Bonchev–Trinajstić information content (AvgIpc) is 3.44. The molecule has 1 atom stereocenters. The Balaban J connectivity index is 1.35. The van der Waals surface area contributed by atoms with Gasteiger partial charge >= 0.3 is 0 Å². The first kappa shape index (κ1) is 24.2. The van der Waals surface area contributed by atoms with E-state index in [0.717, 1.165) is 31.5 Å². The van der Waals surface area contributed by atoms with Crippen molar-refractivity contribution < 1.29 is 13.2 Å². The van der Waals surface area contributed by atoms with E-state index in [1.54, 1.807) is 18.5 Å². The van der Waals surface area contributed by atoms with Gasteiger partial charge in [0.15, 0.2) is 5.03 Å². The van der Waals surface area contributed by atoms with Crippen molar-refractivity contribution >= 4 is 27.5 Å². The highest BCUT2D eigenvalue weighted by Gasteiger charge is 2.34. The van der Waals surface area contributed by atoms with E-state index in [1.807, 2.05) is 18.2 Å². The van der Waals surface area contributed by atoms with Crippen LogP contribution in [0.3, 0.4) is 0 Å². The third-order valence-electron chi connectivity index (χ3n) is 6.80. The minimum atomic E-state index is -3.64. The minimum Gasteiger partial charge on any atom is -0.354 e. The number of nitrogens with one attached hydrogen (secondary N) is 1. The van der Waals surface area contributed by atoms with Crippen molar-refractivity contribution in [2.75, 3.05) is 32.7 Å². The molecule has 0 aliphatic carbocycles. The maximum absolute atomic E-state index is 13.0. The molecule has 2 aliphatic rings. The molecular formula is C23H32ClN5O3S. The number of amides is 1. The molecule has 2 aliphatic heterocycles. The zero-order valence-corrected chi connectivity index (χ0v) is 20.8. The van der Waals surface area contributed by atoms with E-state index in [4.69, 9.17) is 11.6 Å². The summed E-state index contributed by atoms with van der Waals surface area (Å²) in [5.74, 6) is 0.447. The molecule has 1 N–H and O–H groups in total. The fraction of sp³-hybridized carbons (Fsp3) is 0.565. The Morgan fingerprint density at radius 1 is 1.21 bits per heavy atom. The molecule has 2 fully saturated rings. The van der Waals surface area contributed by atoms with E-state index in [9.17, 15) is 13.2 Å². The zero-order valence-electron chi connectivity index (χ0n) is 19.2. The maximum Gasteiger partial charge on any atom is 0.262 e. The second-order valence-electron chi connectivity index (χ2n) is 8.97. The number of hydrogen-bond acceptors (Lipinski definition) is 5. The molecule has 1 aromatic carbocycles. The summed E-state index contributed by atoms with van der Waals surface area (Å²) >= 11 is 6.22. The lowest BCUT2D eigenvalue weighted by Crippen LogP contribution is -2.44. The van der Waals surface area contributed by atoms with Gasteiger partial charge in [-0.15, -0.1) is 0 Å². The largest absolute Gasteiger partial charge is 0.354 e. The number of carbonyl (C=O) groups excluding carboxylic acids is 1. The second kappa shape index (κ2) is 10.1. The van der Waals surface area contributed by atoms with Gasteiger partial charge < -0.3 is 9.88 Å². The lowest BCUT2D eigenvalue weighted by atomic mass is 9.97. The second-order valence-corrected chi connectivity index (χ2v) is 11.3. The quantitative estimate of drug-likeness (QED) is 0.640. The summed E-state index contributed by atoms with van der Waals surface area (Å²) in [5, 5.41) is 3.90. The molecule has 2 saturated heterocycles. The molecule has 2 aromatic rings. The van der Waals surface area contributed by atoms with Crippen LogP contribution in [0.2, 0.25) is 5.02 Å². The molecule has 10 heteroatoms. The Hall–Kier alpha value is -1.94. The van der Waals surface area contributed by atoms with Gasteiger partial charge in [-0.05, 0) is 63.4 Å². The number of aryl methyl sites for hydroxylation is 2. The van der Waals surface area contributed by atoms with Gasteiger partial charge in [0.1, 0.15) is 5.82 Å². The number of halogens is 1. The number of imidazole rings is 1. The molecule has 1 aromatic heterocycles. The van der Waals surface area contributed by atoms with Crippen LogP contribution in [0, 0.1) is 12.8 Å². The summed E-state index contributed by atoms with van der Waals surface area (Å²) in [4.78, 5) is 19.5. The van der Waals surface area contributed by atoms with Crippen LogP contribution >= 0.6 is 11.6 Å². The van der Waals surface area contributed by atoms with Crippen LogP contribution in [0.15, 0.2) is 35.5 Å². The van der Waals surface area contributed by atoms with Gasteiger partial charge in [-0.3, -0.25) is 9.69 Å². The predicted octanol–water partition coefficient (Wildman–Crippen LogP) is 2.74. The summed E-state index contributed by atoms with van der Waals surface area (Å²) in [6, 6.07) is 7.92. The molecule has 4 rings (SSSR count). The van der Waals surface area contributed by atoms with E-state index in [1.165, 1.54) is 10.5 Å². The number of piperidine rings is 1. The van der Waals surface area contributed by atoms with Crippen LogP contribution < -0.4 is 5.32 Å². The topological polar surface area (TPSA) is 87.5 Å². The first-order valence-electron chi connectivity index (χ1n) is 11.5. The van der Waals surface area contributed by atoms with Gasteiger partial charge in [-0.2, -0.15) is 4.31 Å². The highest BCUT2D eigenvalue weighted by Crippen LogP contribution is 2.27. The Morgan fingerprint density at radius 3 is 2.52 bits per heavy atom. The number of benzene rings is 1. The number of sulfonamides is 1. The fourth-order valence-corrected chi connectivity index (χ4v) is 6.40. The lowest BCUT2D eigenvalue weighted by Gasteiger charge is -2.32. The molecule has 180 valence electrons. The number of rotatable bonds is 7. The Bertz CT molecular complexity index is 1070. The number of hydrogen-bond donors (Lipinski definition) is 1. The van der Waals surface area contributed by atoms with Crippen molar-refractivity contribution in [1.29, 1.82) is 0 Å². The van der Waals surface area contributed by atoms with Gasteiger partial charge in [0.2, 0.25) is 5.91 Å². The van der Waals surface area contributed by atoms with Crippen LogP contribution in [0.4, 0.5) is 0 Å². The highest BCUT2D eigenvalue weighted by atomic mass is 35.5. The average molecular weight is 494 g/mol. The monoisotopic (exact) mass is 493 g/mol. The zero-order chi connectivity index (χ0) is 23.6. The van der Waals surface area contributed by atoms with Gasteiger partial charge in [-0.25, -0.2) is 13.4 Å². The molecule has 33 heavy (non-hydrogen) atoms.